The van der Waals surface area contributed by atoms with Crippen LogP contribution in [0.3, 0.4) is 0 Å². The van der Waals surface area contributed by atoms with Gasteiger partial charge in [-0.1, -0.05) is 13.8 Å². The van der Waals surface area contributed by atoms with Crippen molar-refractivity contribution in [3.8, 4) is 0 Å². The number of carbonyl (C=O) groups excluding carboxylic acids is 2. The lowest BCUT2D eigenvalue weighted by atomic mass is 9.94. The second kappa shape index (κ2) is 5.81. The zero-order chi connectivity index (χ0) is 13.9. The van der Waals surface area contributed by atoms with Crippen LogP contribution < -0.4 is 5.73 Å². The van der Waals surface area contributed by atoms with Crippen molar-refractivity contribution in [2.45, 2.75) is 19.9 Å². The molecule has 0 bridgehead atoms. The molecule has 1 aliphatic heterocycles. The number of morpholine rings is 1. The number of carbonyl (C=O) groups is 3. The topological polar surface area (TPSA) is 110 Å². The average molecular weight is 258 g/mol. The Kier molecular flexibility index (Phi) is 4.66. The fourth-order valence-electron chi connectivity index (χ4n) is 1.79. The van der Waals surface area contributed by atoms with Gasteiger partial charge in [0.15, 0.2) is 0 Å². The van der Waals surface area contributed by atoms with Gasteiger partial charge in [-0.15, -0.1) is 0 Å². The van der Waals surface area contributed by atoms with E-state index in [0.717, 1.165) is 0 Å². The summed E-state index contributed by atoms with van der Waals surface area (Å²) in [6.07, 6.45) is 0. The number of hydrogen-bond acceptors (Lipinski definition) is 4. The molecule has 1 fully saturated rings. The number of carboxylic acid groups (broad SMARTS) is 1. The highest BCUT2D eigenvalue weighted by atomic mass is 16.5. The number of ether oxygens (including phenoxy) is 1. The van der Waals surface area contributed by atoms with Crippen molar-refractivity contribution < 1.29 is 24.2 Å². The number of nitrogens with zero attached hydrogens (tertiary/aromatic N) is 1. The largest absolute Gasteiger partial charge is 0.481 e. The fourth-order valence-corrected chi connectivity index (χ4v) is 1.79. The normalized spacial score (nSPS) is 23.2. The highest BCUT2D eigenvalue weighted by Gasteiger charge is 2.36. The molecule has 1 saturated heterocycles. The molecule has 18 heavy (non-hydrogen) atoms. The fraction of sp³-hybridized carbons (Fsp3) is 0.727. The van der Waals surface area contributed by atoms with Gasteiger partial charge in [-0.3, -0.25) is 14.4 Å². The van der Waals surface area contributed by atoms with E-state index < -0.39 is 29.8 Å². The molecular formula is C11H18N2O5. The van der Waals surface area contributed by atoms with Gasteiger partial charge in [-0.2, -0.15) is 0 Å². The maximum absolute atomic E-state index is 12.2. The van der Waals surface area contributed by atoms with Crippen molar-refractivity contribution in [2.75, 3.05) is 19.8 Å². The van der Waals surface area contributed by atoms with Crippen LogP contribution in [0.25, 0.3) is 0 Å². The number of aliphatic carboxylic acids is 1. The summed E-state index contributed by atoms with van der Waals surface area (Å²) in [5.41, 5.74) is 5.20. The summed E-state index contributed by atoms with van der Waals surface area (Å²) >= 11 is 0. The Morgan fingerprint density at radius 2 is 1.94 bits per heavy atom. The third-order valence-corrected chi connectivity index (χ3v) is 3.27. The first-order valence-electron chi connectivity index (χ1n) is 5.76. The van der Waals surface area contributed by atoms with E-state index in [4.69, 9.17) is 15.6 Å². The highest BCUT2D eigenvalue weighted by Crippen LogP contribution is 2.18. The quantitative estimate of drug-likeness (QED) is 0.676. The highest BCUT2D eigenvalue weighted by molar-refractivity contribution is 5.89. The summed E-state index contributed by atoms with van der Waals surface area (Å²) in [7, 11) is 0. The minimum atomic E-state index is -1.04. The average Bonchev–Trinajstić information content (AvgIpc) is 2.35. The molecule has 0 aromatic carbocycles. The first-order chi connectivity index (χ1) is 8.36. The molecule has 3 unspecified atom stereocenters. The van der Waals surface area contributed by atoms with Gasteiger partial charge in [0.25, 0.3) is 0 Å². The molecule has 3 N–H and O–H groups in total. The van der Waals surface area contributed by atoms with Gasteiger partial charge in [0.05, 0.1) is 19.1 Å². The Hall–Kier alpha value is -1.63. The Morgan fingerprint density at radius 1 is 1.33 bits per heavy atom. The molecule has 7 nitrogen and oxygen atoms in total. The molecule has 102 valence electrons. The smallest absolute Gasteiger partial charge is 0.307 e. The minimum absolute atomic E-state index is 0.0647. The predicted octanol–water partition coefficient (Wildman–Crippen LogP) is -0.944. The minimum Gasteiger partial charge on any atom is -0.481 e. The molecule has 1 aliphatic rings. The summed E-state index contributed by atoms with van der Waals surface area (Å²) in [5.74, 6) is -3.58. The van der Waals surface area contributed by atoms with Crippen LogP contribution in [0.5, 0.6) is 0 Å². The van der Waals surface area contributed by atoms with Crippen molar-refractivity contribution in [3.05, 3.63) is 0 Å². The Morgan fingerprint density at radius 3 is 2.44 bits per heavy atom. The van der Waals surface area contributed by atoms with Crippen LogP contribution in [0.1, 0.15) is 13.8 Å². The lowest BCUT2D eigenvalue weighted by Crippen LogP contribution is -2.56. The molecule has 3 atom stereocenters. The van der Waals surface area contributed by atoms with E-state index in [1.807, 2.05) is 0 Å². The SMILES string of the molecule is CC(C(=O)O)C(C)C(=O)N1CCOCC1C(N)=O. The molecule has 0 saturated carbocycles. The Bertz CT molecular complexity index is 357. The first-order valence-corrected chi connectivity index (χ1v) is 5.76. The number of primary amides is 1. The van der Waals surface area contributed by atoms with E-state index >= 15 is 0 Å². The Labute approximate surface area is 105 Å². The first kappa shape index (κ1) is 14.4. The van der Waals surface area contributed by atoms with Crippen molar-refractivity contribution in [1.29, 1.82) is 0 Å². The lowest BCUT2D eigenvalue weighted by Gasteiger charge is -2.35. The molecule has 1 heterocycles. The van der Waals surface area contributed by atoms with Crippen molar-refractivity contribution in [3.63, 3.8) is 0 Å². The number of amides is 2. The monoisotopic (exact) mass is 258 g/mol. The van der Waals surface area contributed by atoms with Crippen LogP contribution in [0.2, 0.25) is 0 Å². The van der Waals surface area contributed by atoms with Crippen LogP contribution in [0, 0.1) is 11.8 Å². The maximum atomic E-state index is 12.2. The van der Waals surface area contributed by atoms with Crippen LogP contribution in [0.4, 0.5) is 0 Å². The van der Waals surface area contributed by atoms with Gasteiger partial charge in [0, 0.05) is 12.5 Å². The molecule has 1 rings (SSSR count). The van der Waals surface area contributed by atoms with Gasteiger partial charge in [-0.25, -0.2) is 0 Å². The summed E-state index contributed by atoms with van der Waals surface area (Å²) in [4.78, 5) is 35.6. The van der Waals surface area contributed by atoms with Crippen molar-refractivity contribution in [2.24, 2.45) is 17.6 Å². The molecule has 0 aliphatic carbocycles. The van der Waals surface area contributed by atoms with Crippen LogP contribution in [-0.4, -0.2) is 53.6 Å². The van der Waals surface area contributed by atoms with Gasteiger partial charge in [-0.05, 0) is 0 Å². The van der Waals surface area contributed by atoms with Crippen molar-refractivity contribution >= 4 is 17.8 Å². The zero-order valence-electron chi connectivity index (χ0n) is 10.5. The number of carboxylic acids is 1. The molecule has 7 heteroatoms. The summed E-state index contributed by atoms with van der Waals surface area (Å²) in [6, 6.07) is -0.810. The summed E-state index contributed by atoms with van der Waals surface area (Å²) in [5, 5.41) is 8.89. The second-order valence-corrected chi connectivity index (χ2v) is 4.44. The molecular weight excluding hydrogens is 240 g/mol. The summed E-state index contributed by atoms with van der Waals surface area (Å²) < 4.78 is 5.10. The maximum Gasteiger partial charge on any atom is 0.307 e. The van der Waals surface area contributed by atoms with Gasteiger partial charge in [0.2, 0.25) is 11.8 Å². The predicted molar refractivity (Wildman–Crippen MR) is 61.5 cm³/mol. The second-order valence-electron chi connectivity index (χ2n) is 4.44. The molecule has 0 radical (unpaired) electrons. The molecule has 0 aromatic heterocycles. The molecule has 2 amide bonds. The standard InChI is InChI=1S/C11H18N2O5/c1-6(7(2)11(16)17)10(15)13-3-4-18-5-8(13)9(12)14/h6-8H,3-5H2,1-2H3,(H2,12,14)(H,16,17). The van der Waals surface area contributed by atoms with E-state index in [9.17, 15) is 14.4 Å². The summed E-state index contributed by atoms with van der Waals surface area (Å²) in [6.45, 7) is 3.64. The molecule has 0 spiro atoms. The Balaban J connectivity index is 2.80. The zero-order valence-corrected chi connectivity index (χ0v) is 10.5. The van der Waals surface area contributed by atoms with E-state index in [0.29, 0.717) is 6.61 Å². The van der Waals surface area contributed by atoms with E-state index in [1.165, 1.54) is 18.7 Å². The van der Waals surface area contributed by atoms with Crippen LogP contribution in [0.15, 0.2) is 0 Å². The number of rotatable bonds is 4. The van der Waals surface area contributed by atoms with E-state index in [2.05, 4.69) is 0 Å². The number of nitrogens with two attached hydrogens (primary N) is 1. The number of hydrogen-bond donors (Lipinski definition) is 2. The lowest BCUT2D eigenvalue weighted by molar-refractivity contribution is -0.155. The molecule has 0 aromatic rings. The van der Waals surface area contributed by atoms with Crippen LogP contribution in [-0.2, 0) is 19.1 Å². The van der Waals surface area contributed by atoms with Gasteiger partial charge < -0.3 is 20.5 Å². The third-order valence-electron chi connectivity index (χ3n) is 3.27. The van der Waals surface area contributed by atoms with Gasteiger partial charge in [0.1, 0.15) is 6.04 Å². The van der Waals surface area contributed by atoms with Gasteiger partial charge >= 0.3 is 5.97 Å². The third kappa shape index (κ3) is 2.98. The van der Waals surface area contributed by atoms with E-state index in [-0.39, 0.29) is 19.1 Å². The van der Waals surface area contributed by atoms with Crippen LogP contribution >= 0.6 is 0 Å². The van der Waals surface area contributed by atoms with E-state index in [1.54, 1.807) is 0 Å². The van der Waals surface area contributed by atoms with Crippen molar-refractivity contribution in [1.82, 2.24) is 4.90 Å².